The average Bonchev–Trinajstić information content (AvgIpc) is 3.15. The zero-order chi connectivity index (χ0) is 15.7. The normalized spacial score (nSPS) is 17.8. The first-order chi connectivity index (χ1) is 10.6. The average molecular weight is 324 g/mol. The molecule has 0 bridgehead atoms. The van der Waals surface area contributed by atoms with Crippen LogP contribution in [0.15, 0.2) is 30.6 Å². The van der Waals surface area contributed by atoms with Crippen molar-refractivity contribution >= 4 is 17.5 Å². The first-order valence-corrected chi connectivity index (χ1v) is 7.29. The van der Waals surface area contributed by atoms with Gasteiger partial charge in [0.15, 0.2) is 11.6 Å². The molecule has 1 aliphatic rings. The van der Waals surface area contributed by atoms with Crippen molar-refractivity contribution in [2.75, 3.05) is 20.2 Å². The van der Waals surface area contributed by atoms with Crippen LogP contribution in [-0.4, -0.2) is 40.8 Å². The summed E-state index contributed by atoms with van der Waals surface area (Å²) in [5.74, 6) is -0.891. The third kappa shape index (κ3) is 2.66. The summed E-state index contributed by atoms with van der Waals surface area (Å²) in [6.45, 7) is 1.03. The molecule has 2 heterocycles. The number of hydrogen-bond donors (Lipinski definition) is 0. The van der Waals surface area contributed by atoms with E-state index in [9.17, 15) is 9.18 Å². The minimum absolute atomic E-state index is 0.0264. The highest BCUT2D eigenvalue weighted by Crippen LogP contribution is 2.26. The van der Waals surface area contributed by atoms with Crippen LogP contribution < -0.4 is 4.74 Å². The molecule has 0 aliphatic carbocycles. The van der Waals surface area contributed by atoms with E-state index in [0.29, 0.717) is 18.1 Å². The van der Waals surface area contributed by atoms with Gasteiger partial charge in [0.25, 0.3) is 5.91 Å². The number of amides is 1. The van der Waals surface area contributed by atoms with Crippen molar-refractivity contribution in [1.29, 1.82) is 0 Å². The minimum atomic E-state index is -0.624. The van der Waals surface area contributed by atoms with Crippen molar-refractivity contribution in [1.82, 2.24) is 14.7 Å². The molecule has 7 heteroatoms. The van der Waals surface area contributed by atoms with E-state index in [0.717, 1.165) is 6.42 Å². The van der Waals surface area contributed by atoms with Crippen molar-refractivity contribution in [3.8, 4) is 5.75 Å². The maximum absolute atomic E-state index is 14.2. The third-order valence-corrected chi connectivity index (χ3v) is 4.00. The van der Waals surface area contributed by atoms with E-state index in [2.05, 4.69) is 5.10 Å². The fourth-order valence-corrected chi connectivity index (χ4v) is 2.80. The standard InChI is InChI=1S/C15H15ClFN3O2/c1-22-13-4-2-3-12(14(13)17)15(21)19-6-5-11(9-19)20-8-10(16)7-18-20/h2-4,7-8,11H,5-6,9H2,1H3. The summed E-state index contributed by atoms with van der Waals surface area (Å²) in [7, 11) is 1.38. The number of methoxy groups -OCH3 is 1. The molecule has 1 aliphatic heterocycles. The quantitative estimate of drug-likeness (QED) is 0.872. The molecule has 5 nitrogen and oxygen atoms in total. The van der Waals surface area contributed by atoms with Crippen LogP contribution in [0.25, 0.3) is 0 Å². The number of rotatable bonds is 3. The van der Waals surface area contributed by atoms with Gasteiger partial charge in [-0.2, -0.15) is 5.10 Å². The van der Waals surface area contributed by atoms with Crippen molar-refractivity contribution in [2.45, 2.75) is 12.5 Å². The fraction of sp³-hybridized carbons (Fsp3) is 0.333. The molecular formula is C15H15ClFN3O2. The summed E-state index contributed by atoms with van der Waals surface area (Å²) in [6, 6.07) is 4.63. The van der Waals surface area contributed by atoms with Gasteiger partial charge in [0, 0.05) is 19.3 Å². The second-order valence-corrected chi connectivity index (χ2v) is 5.59. The van der Waals surface area contributed by atoms with Crippen LogP contribution in [0.3, 0.4) is 0 Å². The molecule has 1 amide bonds. The Morgan fingerprint density at radius 2 is 2.32 bits per heavy atom. The zero-order valence-electron chi connectivity index (χ0n) is 12.0. The molecule has 0 radical (unpaired) electrons. The number of carbonyl (C=O) groups is 1. The molecule has 1 aromatic carbocycles. The van der Waals surface area contributed by atoms with Crippen LogP contribution in [-0.2, 0) is 0 Å². The van der Waals surface area contributed by atoms with E-state index >= 15 is 0 Å². The second kappa shape index (κ2) is 5.96. The highest BCUT2D eigenvalue weighted by Gasteiger charge is 2.30. The van der Waals surface area contributed by atoms with E-state index in [1.165, 1.54) is 19.2 Å². The smallest absolute Gasteiger partial charge is 0.257 e. The molecule has 22 heavy (non-hydrogen) atoms. The number of halogens is 2. The second-order valence-electron chi connectivity index (χ2n) is 5.15. The summed E-state index contributed by atoms with van der Waals surface area (Å²) in [5, 5.41) is 4.72. The molecule has 0 spiro atoms. The van der Waals surface area contributed by atoms with Crippen molar-refractivity contribution in [3.05, 3.63) is 47.0 Å². The highest BCUT2D eigenvalue weighted by atomic mass is 35.5. The number of likely N-dealkylation sites (tertiary alicyclic amines) is 1. The largest absolute Gasteiger partial charge is 0.494 e. The maximum atomic E-state index is 14.2. The number of ether oxygens (including phenoxy) is 1. The summed E-state index contributed by atoms with van der Waals surface area (Å²) in [5.41, 5.74) is 0.0264. The Kier molecular flexibility index (Phi) is 4.02. The summed E-state index contributed by atoms with van der Waals surface area (Å²) in [4.78, 5) is 14.1. The summed E-state index contributed by atoms with van der Waals surface area (Å²) < 4.78 is 20.9. The number of nitrogens with zero attached hydrogens (tertiary/aromatic N) is 3. The first kappa shape index (κ1) is 14.8. The number of benzene rings is 1. The van der Waals surface area contributed by atoms with Gasteiger partial charge in [-0.05, 0) is 18.6 Å². The lowest BCUT2D eigenvalue weighted by molar-refractivity contribution is 0.0781. The molecule has 1 atom stereocenters. The van der Waals surface area contributed by atoms with E-state index in [4.69, 9.17) is 16.3 Å². The third-order valence-electron chi connectivity index (χ3n) is 3.81. The number of aromatic nitrogens is 2. The van der Waals surface area contributed by atoms with E-state index in [-0.39, 0.29) is 23.3 Å². The van der Waals surface area contributed by atoms with E-state index in [1.54, 1.807) is 28.0 Å². The lowest BCUT2D eigenvalue weighted by Gasteiger charge is -2.17. The van der Waals surface area contributed by atoms with Crippen LogP contribution in [0.2, 0.25) is 5.02 Å². The molecule has 1 unspecified atom stereocenters. The Balaban J connectivity index is 1.77. The van der Waals surface area contributed by atoms with Gasteiger partial charge in [0.2, 0.25) is 0 Å². The molecule has 1 aromatic heterocycles. The Bertz CT molecular complexity index is 704. The van der Waals surface area contributed by atoms with E-state index in [1.807, 2.05) is 0 Å². The molecule has 0 saturated carbocycles. The van der Waals surface area contributed by atoms with Gasteiger partial charge in [0.05, 0.1) is 29.9 Å². The number of hydrogen-bond acceptors (Lipinski definition) is 3. The Labute approximate surface area is 132 Å². The van der Waals surface area contributed by atoms with Crippen molar-refractivity contribution < 1.29 is 13.9 Å². The number of carbonyl (C=O) groups excluding carboxylic acids is 1. The molecule has 1 saturated heterocycles. The van der Waals surface area contributed by atoms with Gasteiger partial charge in [-0.3, -0.25) is 9.48 Å². The zero-order valence-corrected chi connectivity index (χ0v) is 12.8. The Morgan fingerprint density at radius 1 is 1.50 bits per heavy atom. The van der Waals surface area contributed by atoms with Crippen LogP contribution in [0.5, 0.6) is 5.75 Å². The van der Waals surface area contributed by atoms with Gasteiger partial charge in [0.1, 0.15) is 0 Å². The van der Waals surface area contributed by atoms with Crippen LogP contribution in [0.1, 0.15) is 22.8 Å². The van der Waals surface area contributed by atoms with Gasteiger partial charge >= 0.3 is 0 Å². The highest BCUT2D eigenvalue weighted by molar-refractivity contribution is 6.30. The van der Waals surface area contributed by atoms with Gasteiger partial charge in [-0.1, -0.05) is 17.7 Å². The molecule has 2 aromatic rings. The Hall–Kier alpha value is -2.08. The fourth-order valence-electron chi connectivity index (χ4n) is 2.66. The van der Waals surface area contributed by atoms with Gasteiger partial charge in [-0.25, -0.2) is 4.39 Å². The molecular weight excluding hydrogens is 309 g/mol. The minimum Gasteiger partial charge on any atom is -0.494 e. The van der Waals surface area contributed by atoms with Crippen molar-refractivity contribution in [2.24, 2.45) is 0 Å². The maximum Gasteiger partial charge on any atom is 0.257 e. The lowest BCUT2D eigenvalue weighted by Crippen LogP contribution is -2.30. The molecule has 0 N–H and O–H groups in total. The topological polar surface area (TPSA) is 47.4 Å². The lowest BCUT2D eigenvalue weighted by atomic mass is 10.1. The monoisotopic (exact) mass is 323 g/mol. The van der Waals surface area contributed by atoms with E-state index < -0.39 is 5.82 Å². The van der Waals surface area contributed by atoms with Crippen LogP contribution in [0.4, 0.5) is 4.39 Å². The summed E-state index contributed by atoms with van der Waals surface area (Å²) in [6.07, 6.45) is 4.05. The van der Waals surface area contributed by atoms with Crippen molar-refractivity contribution in [3.63, 3.8) is 0 Å². The predicted molar refractivity (Wildman–Crippen MR) is 79.7 cm³/mol. The van der Waals surface area contributed by atoms with Crippen LogP contribution in [0, 0.1) is 5.82 Å². The molecule has 116 valence electrons. The van der Waals surface area contributed by atoms with Crippen LogP contribution >= 0.6 is 11.6 Å². The molecule has 3 rings (SSSR count). The molecule has 1 fully saturated rings. The predicted octanol–water partition coefficient (Wildman–Crippen LogP) is 2.77. The Morgan fingerprint density at radius 3 is 3.00 bits per heavy atom. The summed E-state index contributed by atoms with van der Waals surface area (Å²) >= 11 is 5.86. The van der Waals surface area contributed by atoms with Gasteiger partial charge < -0.3 is 9.64 Å². The SMILES string of the molecule is COc1cccc(C(=O)N2CCC(n3cc(Cl)cn3)C2)c1F. The first-order valence-electron chi connectivity index (χ1n) is 6.91. The van der Waals surface area contributed by atoms with Gasteiger partial charge in [-0.15, -0.1) is 0 Å².